The number of carbonyl (C=O) groups excluding carboxylic acids is 2. The van der Waals surface area contributed by atoms with E-state index in [1.807, 2.05) is 27.7 Å². The fourth-order valence-electron chi connectivity index (χ4n) is 3.73. The molecule has 7 heteroatoms. The molecule has 0 saturated carbocycles. The average molecular weight is 430 g/mol. The average Bonchev–Trinajstić information content (AvgIpc) is 2.99. The second kappa shape index (κ2) is 8.73. The topological polar surface area (TPSA) is 92.0 Å². The Morgan fingerprint density at radius 2 is 1.61 bits per heavy atom. The zero-order valence-corrected chi connectivity index (χ0v) is 18.9. The van der Waals surface area contributed by atoms with Gasteiger partial charge in [-0.1, -0.05) is 27.7 Å². The molecule has 2 heterocycles. The molecule has 2 aromatic rings. The van der Waals surface area contributed by atoms with Crippen molar-refractivity contribution in [3.8, 4) is 5.75 Å². The van der Waals surface area contributed by atoms with Crippen molar-refractivity contribution in [2.24, 2.45) is 11.8 Å². The Bertz CT molecular complexity index is 1030. The van der Waals surface area contributed by atoms with Crippen molar-refractivity contribution in [1.29, 1.82) is 0 Å². The Labute approximate surface area is 181 Å². The van der Waals surface area contributed by atoms with Crippen LogP contribution in [0.3, 0.4) is 0 Å². The lowest BCUT2D eigenvalue weighted by atomic mass is 9.93. The summed E-state index contributed by atoms with van der Waals surface area (Å²) in [7, 11) is 0. The molecule has 1 aliphatic heterocycles. The third-order valence-electron chi connectivity index (χ3n) is 5.07. The fourth-order valence-corrected chi connectivity index (χ4v) is 3.73. The van der Waals surface area contributed by atoms with Gasteiger partial charge in [0.2, 0.25) is 0 Å². The molecule has 0 fully saturated rings. The molecule has 0 saturated heterocycles. The predicted molar refractivity (Wildman–Crippen MR) is 115 cm³/mol. The summed E-state index contributed by atoms with van der Waals surface area (Å²) in [5.41, 5.74) is -0.835. The molecule has 0 amide bonds. The molecule has 168 valence electrons. The van der Waals surface area contributed by atoms with Gasteiger partial charge < -0.3 is 18.6 Å². The number of ether oxygens (including phenoxy) is 3. The summed E-state index contributed by atoms with van der Waals surface area (Å²) in [6.45, 7) is 11.2. The Balaban J connectivity index is 2.03. The van der Waals surface area contributed by atoms with E-state index in [0.717, 1.165) is 0 Å². The van der Waals surface area contributed by atoms with E-state index in [1.165, 1.54) is 6.07 Å². The number of benzene rings is 1. The molecule has 1 aromatic heterocycles. The Morgan fingerprint density at radius 1 is 1.00 bits per heavy atom. The number of rotatable bonds is 7. The number of hydrogen-bond acceptors (Lipinski definition) is 7. The minimum Gasteiger partial charge on any atom is -0.481 e. The van der Waals surface area contributed by atoms with E-state index < -0.39 is 29.4 Å². The van der Waals surface area contributed by atoms with Crippen LogP contribution in [-0.4, -0.2) is 23.6 Å². The standard InChI is InChI=1S/C24H30O7/c1-13(2)11-18(26)30-22-20-16(9-7-15-8-10-17(25)29-21(15)20)28-23(22)24(5,6)31-19(27)12-14(3)4/h7-10,13-14,22-23H,11-12H2,1-6H3/t22-,23-/m1/s1. The van der Waals surface area contributed by atoms with Gasteiger partial charge in [0.1, 0.15) is 16.9 Å². The van der Waals surface area contributed by atoms with Gasteiger partial charge in [0.05, 0.1) is 5.56 Å². The highest BCUT2D eigenvalue weighted by Crippen LogP contribution is 2.47. The van der Waals surface area contributed by atoms with E-state index in [4.69, 9.17) is 18.6 Å². The van der Waals surface area contributed by atoms with Gasteiger partial charge in [-0.3, -0.25) is 9.59 Å². The molecule has 1 aliphatic rings. The van der Waals surface area contributed by atoms with Crippen molar-refractivity contribution in [3.05, 3.63) is 40.2 Å². The molecule has 0 spiro atoms. The van der Waals surface area contributed by atoms with Crippen LogP contribution >= 0.6 is 0 Å². The van der Waals surface area contributed by atoms with Gasteiger partial charge in [-0.25, -0.2) is 4.79 Å². The molecule has 0 unspecified atom stereocenters. The summed E-state index contributed by atoms with van der Waals surface area (Å²) in [5, 5.41) is 0.683. The van der Waals surface area contributed by atoms with Crippen molar-refractivity contribution >= 4 is 22.9 Å². The second-order valence-electron chi connectivity index (χ2n) is 9.37. The largest absolute Gasteiger partial charge is 0.481 e. The van der Waals surface area contributed by atoms with E-state index in [1.54, 1.807) is 32.0 Å². The van der Waals surface area contributed by atoms with Crippen LogP contribution < -0.4 is 10.4 Å². The molecule has 0 aliphatic carbocycles. The van der Waals surface area contributed by atoms with Crippen LogP contribution in [0.5, 0.6) is 5.75 Å². The van der Waals surface area contributed by atoms with E-state index in [-0.39, 0.29) is 30.6 Å². The van der Waals surface area contributed by atoms with Crippen LogP contribution in [0.2, 0.25) is 0 Å². The predicted octanol–water partition coefficient (Wildman–Crippen LogP) is 4.55. The molecule has 0 N–H and O–H groups in total. The lowest BCUT2D eigenvalue weighted by Gasteiger charge is -2.34. The maximum absolute atomic E-state index is 12.6. The lowest BCUT2D eigenvalue weighted by Crippen LogP contribution is -2.46. The molecule has 0 bridgehead atoms. The number of esters is 2. The van der Waals surface area contributed by atoms with Gasteiger partial charge in [0.15, 0.2) is 12.2 Å². The highest BCUT2D eigenvalue weighted by Gasteiger charge is 2.50. The third-order valence-corrected chi connectivity index (χ3v) is 5.07. The summed E-state index contributed by atoms with van der Waals surface area (Å²) in [6, 6.07) is 6.49. The molecule has 3 rings (SSSR count). The summed E-state index contributed by atoms with van der Waals surface area (Å²) in [4.78, 5) is 36.9. The normalized spacial score (nSPS) is 18.2. The summed E-state index contributed by atoms with van der Waals surface area (Å²) >= 11 is 0. The van der Waals surface area contributed by atoms with Crippen LogP contribution in [0, 0.1) is 11.8 Å². The first-order valence-corrected chi connectivity index (χ1v) is 10.6. The monoisotopic (exact) mass is 430 g/mol. The zero-order chi connectivity index (χ0) is 22.9. The number of carbonyl (C=O) groups is 2. The van der Waals surface area contributed by atoms with Gasteiger partial charge in [-0.2, -0.15) is 0 Å². The zero-order valence-electron chi connectivity index (χ0n) is 18.9. The van der Waals surface area contributed by atoms with Crippen LogP contribution in [-0.2, 0) is 19.1 Å². The lowest BCUT2D eigenvalue weighted by molar-refractivity contribution is -0.178. The van der Waals surface area contributed by atoms with E-state index >= 15 is 0 Å². The van der Waals surface area contributed by atoms with Gasteiger partial charge in [0.25, 0.3) is 0 Å². The van der Waals surface area contributed by atoms with Crippen LogP contribution in [0.25, 0.3) is 11.0 Å². The quantitative estimate of drug-likeness (QED) is 0.470. The van der Waals surface area contributed by atoms with E-state index in [2.05, 4.69) is 0 Å². The van der Waals surface area contributed by atoms with E-state index in [9.17, 15) is 14.4 Å². The molecule has 1 aromatic carbocycles. The minimum absolute atomic E-state index is 0.107. The first kappa shape index (κ1) is 22.8. The number of hydrogen-bond donors (Lipinski definition) is 0. The summed E-state index contributed by atoms with van der Waals surface area (Å²) < 4.78 is 23.2. The van der Waals surface area contributed by atoms with Crippen LogP contribution in [0.15, 0.2) is 33.5 Å². The van der Waals surface area contributed by atoms with Crippen LogP contribution in [0.1, 0.15) is 66.1 Å². The molecule has 31 heavy (non-hydrogen) atoms. The molecule has 7 nitrogen and oxygen atoms in total. The van der Waals surface area contributed by atoms with Gasteiger partial charge >= 0.3 is 17.6 Å². The summed E-state index contributed by atoms with van der Waals surface area (Å²) in [6.07, 6.45) is -1.21. The van der Waals surface area contributed by atoms with Crippen molar-refractivity contribution in [2.75, 3.05) is 0 Å². The van der Waals surface area contributed by atoms with Gasteiger partial charge in [-0.05, 0) is 43.9 Å². The number of fused-ring (bicyclic) bond motifs is 3. The Kier molecular flexibility index (Phi) is 6.43. The fraction of sp³-hybridized carbons (Fsp3) is 0.542. The SMILES string of the molecule is CC(C)CC(=O)O[C@@H]1c2c(ccc3ccc(=O)oc23)O[C@H]1C(C)(C)OC(=O)CC(C)C. The maximum Gasteiger partial charge on any atom is 0.336 e. The van der Waals surface area contributed by atoms with Crippen molar-refractivity contribution < 1.29 is 28.2 Å². The van der Waals surface area contributed by atoms with Crippen molar-refractivity contribution in [3.63, 3.8) is 0 Å². The highest BCUT2D eigenvalue weighted by molar-refractivity contribution is 5.84. The van der Waals surface area contributed by atoms with Crippen molar-refractivity contribution in [1.82, 2.24) is 0 Å². The second-order valence-corrected chi connectivity index (χ2v) is 9.37. The Morgan fingerprint density at radius 3 is 2.26 bits per heavy atom. The molecule has 2 atom stereocenters. The van der Waals surface area contributed by atoms with Crippen LogP contribution in [0.4, 0.5) is 0 Å². The first-order chi connectivity index (χ1) is 14.5. The minimum atomic E-state index is -1.10. The highest BCUT2D eigenvalue weighted by atomic mass is 16.6. The van der Waals surface area contributed by atoms with Gasteiger partial charge in [0, 0.05) is 24.3 Å². The molecular weight excluding hydrogens is 400 g/mol. The first-order valence-electron chi connectivity index (χ1n) is 10.6. The smallest absolute Gasteiger partial charge is 0.336 e. The molecule has 0 radical (unpaired) electrons. The van der Waals surface area contributed by atoms with Crippen molar-refractivity contribution in [2.45, 2.75) is 72.2 Å². The summed E-state index contributed by atoms with van der Waals surface area (Å²) in [5.74, 6) is -0.0793. The van der Waals surface area contributed by atoms with E-state index in [0.29, 0.717) is 22.3 Å². The maximum atomic E-state index is 12.6. The third kappa shape index (κ3) is 5.09. The van der Waals surface area contributed by atoms with Gasteiger partial charge in [-0.15, -0.1) is 0 Å². The Hall–Kier alpha value is -2.83. The molecular formula is C24H30O7.